The highest BCUT2D eigenvalue weighted by atomic mass is 19.2. The quantitative estimate of drug-likeness (QED) is 0.533. The van der Waals surface area contributed by atoms with Gasteiger partial charge < -0.3 is 10.5 Å². The third-order valence-electron chi connectivity index (χ3n) is 3.72. The van der Waals surface area contributed by atoms with Crippen LogP contribution in [0, 0.1) is 24.0 Å². The summed E-state index contributed by atoms with van der Waals surface area (Å²) in [7, 11) is 0. The summed E-state index contributed by atoms with van der Waals surface area (Å²) in [4.78, 5) is 16.8. The van der Waals surface area contributed by atoms with E-state index >= 15 is 0 Å². The first-order chi connectivity index (χ1) is 13.6. The Hall–Kier alpha value is -3.87. The number of carbonyl (C=O) groups excluding carboxylic acids is 1. The van der Waals surface area contributed by atoms with Gasteiger partial charge in [0.25, 0.3) is 0 Å². The van der Waals surface area contributed by atoms with Gasteiger partial charge in [0.15, 0.2) is 17.5 Å². The topological polar surface area (TPSA) is 109 Å². The fourth-order valence-corrected chi connectivity index (χ4v) is 2.56. The van der Waals surface area contributed by atoms with E-state index in [9.17, 15) is 13.6 Å². The van der Waals surface area contributed by atoms with Crippen LogP contribution in [0.1, 0.15) is 36.7 Å². The molecular weight excluding hydrogens is 382 g/mol. The van der Waals surface area contributed by atoms with Crippen LogP contribution in [-0.2, 0) is 4.74 Å². The van der Waals surface area contributed by atoms with Gasteiger partial charge in [-0.2, -0.15) is 4.68 Å². The van der Waals surface area contributed by atoms with Crippen LogP contribution < -0.4 is 5.73 Å². The number of tetrazole rings is 1. The molecule has 0 aliphatic heterocycles. The van der Waals surface area contributed by atoms with Crippen molar-refractivity contribution in [2.45, 2.75) is 26.4 Å². The molecule has 0 bridgehead atoms. The van der Waals surface area contributed by atoms with Crippen LogP contribution in [0.25, 0.3) is 17.1 Å². The minimum atomic E-state index is -1.18. The third kappa shape index (κ3) is 3.75. The van der Waals surface area contributed by atoms with E-state index in [1.54, 1.807) is 20.8 Å². The molecule has 1 aromatic carbocycles. The number of pyridine rings is 1. The van der Waals surface area contributed by atoms with Crippen molar-refractivity contribution in [2.24, 2.45) is 0 Å². The Labute approximate surface area is 164 Å². The minimum Gasteiger partial charge on any atom is -0.456 e. The molecule has 0 spiro atoms. The summed E-state index contributed by atoms with van der Waals surface area (Å²) >= 11 is 0. The van der Waals surface area contributed by atoms with Crippen LogP contribution in [0.5, 0.6) is 0 Å². The second-order valence-electron chi connectivity index (χ2n) is 6.94. The number of carbonyl (C=O) groups is 1. The van der Waals surface area contributed by atoms with Crippen molar-refractivity contribution in [3.8, 4) is 29.4 Å². The maximum atomic E-state index is 14.3. The zero-order chi connectivity index (χ0) is 21.3. The van der Waals surface area contributed by atoms with Crippen molar-refractivity contribution >= 4 is 11.8 Å². The number of terminal acetylenes is 1. The number of nitrogens with two attached hydrogens (primary N) is 1. The molecule has 29 heavy (non-hydrogen) atoms. The average Bonchev–Trinajstić information content (AvgIpc) is 3.11. The molecule has 0 saturated carbocycles. The predicted molar refractivity (Wildman–Crippen MR) is 99.8 cm³/mol. The normalized spacial score (nSPS) is 11.2. The molecule has 3 rings (SSSR count). The zero-order valence-corrected chi connectivity index (χ0v) is 15.8. The lowest BCUT2D eigenvalue weighted by Crippen LogP contribution is -2.25. The molecule has 10 heteroatoms. The van der Waals surface area contributed by atoms with Crippen LogP contribution in [0.2, 0.25) is 0 Å². The molecule has 0 aliphatic rings. The highest BCUT2D eigenvalue weighted by Crippen LogP contribution is 2.32. The van der Waals surface area contributed by atoms with E-state index in [-0.39, 0.29) is 34.0 Å². The first-order valence-corrected chi connectivity index (χ1v) is 8.35. The van der Waals surface area contributed by atoms with Crippen molar-refractivity contribution in [3.63, 3.8) is 0 Å². The van der Waals surface area contributed by atoms with Crippen LogP contribution in [0.3, 0.4) is 0 Å². The maximum Gasteiger partial charge on any atom is 0.340 e. The monoisotopic (exact) mass is 398 g/mol. The first kappa shape index (κ1) is 19.9. The van der Waals surface area contributed by atoms with Gasteiger partial charge in [-0.3, -0.25) is 0 Å². The van der Waals surface area contributed by atoms with E-state index in [0.29, 0.717) is 0 Å². The Morgan fingerprint density at radius 1 is 1.31 bits per heavy atom. The molecule has 0 unspecified atom stereocenters. The number of esters is 1. The molecule has 3 aromatic rings. The van der Waals surface area contributed by atoms with Gasteiger partial charge in [0.2, 0.25) is 0 Å². The van der Waals surface area contributed by atoms with E-state index in [0.717, 1.165) is 10.7 Å². The predicted octanol–water partition coefficient (Wildman–Crippen LogP) is 2.52. The van der Waals surface area contributed by atoms with Crippen molar-refractivity contribution in [1.29, 1.82) is 0 Å². The van der Waals surface area contributed by atoms with Gasteiger partial charge in [-0.05, 0) is 43.3 Å². The molecule has 2 heterocycles. The summed E-state index contributed by atoms with van der Waals surface area (Å²) in [6.07, 6.45) is 6.74. The summed E-state index contributed by atoms with van der Waals surface area (Å²) in [6.45, 7) is 5.03. The van der Waals surface area contributed by atoms with Crippen LogP contribution in [-0.4, -0.2) is 36.8 Å². The number of nitrogen functional groups attached to an aromatic ring is 1. The van der Waals surface area contributed by atoms with Crippen LogP contribution >= 0.6 is 0 Å². The highest BCUT2D eigenvalue weighted by molar-refractivity contribution is 6.01. The van der Waals surface area contributed by atoms with E-state index in [1.807, 2.05) is 0 Å². The van der Waals surface area contributed by atoms with Crippen LogP contribution in [0.15, 0.2) is 24.4 Å². The number of ether oxygens (including phenoxy) is 1. The Bertz CT molecular complexity index is 1140. The Morgan fingerprint density at radius 2 is 2.03 bits per heavy atom. The number of nitrogens with zero attached hydrogens (tertiary/aromatic N) is 5. The molecule has 0 atom stereocenters. The molecule has 8 nitrogen and oxygen atoms in total. The van der Waals surface area contributed by atoms with Gasteiger partial charge in [0.05, 0.1) is 16.7 Å². The number of anilines is 1. The van der Waals surface area contributed by atoms with Crippen molar-refractivity contribution in [2.75, 3.05) is 5.73 Å². The number of halogens is 2. The molecule has 0 aliphatic carbocycles. The van der Waals surface area contributed by atoms with E-state index < -0.39 is 23.2 Å². The second kappa shape index (κ2) is 7.27. The molecule has 0 amide bonds. The number of aromatic nitrogens is 5. The Kier molecular flexibility index (Phi) is 4.99. The molecule has 148 valence electrons. The van der Waals surface area contributed by atoms with Gasteiger partial charge in [-0.25, -0.2) is 18.6 Å². The first-order valence-electron chi connectivity index (χ1n) is 8.35. The average molecular weight is 398 g/mol. The number of benzene rings is 1. The SMILES string of the molecule is C#Cc1cnc(N)c(-c2nnnn2-c2cccc(F)c2F)c1C(=O)OC(C)(C)C. The van der Waals surface area contributed by atoms with Crippen molar-refractivity contribution in [1.82, 2.24) is 25.2 Å². The Morgan fingerprint density at radius 3 is 2.69 bits per heavy atom. The van der Waals surface area contributed by atoms with E-state index in [1.165, 1.54) is 18.3 Å². The summed E-state index contributed by atoms with van der Waals surface area (Å²) < 4.78 is 34.3. The van der Waals surface area contributed by atoms with Crippen LogP contribution in [0.4, 0.5) is 14.6 Å². The molecule has 2 N–H and O–H groups in total. The molecule has 2 aromatic heterocycles. The molecule has 0 saturated heterocycles. The molecular formula is C19H16F2N6O2. The van der Waals surface area contributed by atoms with Crippen molar-refractivity contribution in [3.05, 3.63) is 47.2 Å². The standard InChI is InChI=1S/C19H16F2N6O2/c1-5-10-9-23-16(22)14(13(10)18(28)29-19(2,3)4)17-24-25-26-27(17)12-8-6-7-11(20)15(12)21/h1,6-9H,2-4H3,(H2,22,23). The largest absolute Gasteiger partial charge is 0.456 e. The second-order valence-corrected chi connectivity index (χ2v) is 6.94. The van der Waals surface area contributed by atoms with Gasteiger partial charge in [0, 0.05) is 6.20 Å². The fraction of sp³-hybridized carbons (Fsp3) is 0.211. The zero-order valence-electron chi connectivity index (χ0n) is 15.8. The molecule has 0 fully saturated rings. The maximum absolute atomic E-state index is 14.3. The van der Waals surface area contributed by atoms with Gasteiger partial charge in [-0.15, -0.1) is 11.5 Å². The fourth-order valence-electron chi connectivity index (χ4n) is 2.56. The summed E-state index contributed by atoms with van der Waals surface area (Å²) in [5.41, 5.74) is 4.79. The van der Waals surface area contributed by atoms with E-state index in [2.05, 4.69) is 26.4 Å². The number of hydrogen-bond acceptors (Lipinski definition) is 7. The smallest absolute Gasteiger partial charge is 0.340 e. The Balaban J connectivity index is 2.29. The number of rotatable bonds is 3. The van der Waals surface area contributed by atoms with Gasteiger partial charge in [-0.1, -0.05) is 12.0 Å². The van der Waals surface area contributed by atoms with Gasteiger partial charge in [0.1, 0.15) is 17.1 Å². The third-order valence-corrected chi connectivity index (χ3v) is 3.72. The van der Waals surface area contributed by atoms with Crippen molar-refractivity contribution < 1.29 is 18.3 Å². The lowest BCUT2D eigenvalue weighted by atomic mass is 10.0. The summed E-state index contributed by atoms with van der Waals surface area (Å²) in [6, 6.07) is 3.50. The molecule has 0 radical (unpaired) electrons. The summed E-state index contributed by atoms with van der Waals surface area (Å²) in [5.74, 6) is -1.02. The summed E-state index contributed by atoms with van der Waals surface area (Å²) in [5, 5.41) is 11.0. The highest BCUT2D eigenvalue weighted by Gasteiger charge is 2.29. The number of hydrogen-bond donors (Lipinski definition) is 1. The van der Waals surface area contributed by atoms with Gasteiger partial charge >= 0.3 is 5.97 Å². The lowest BCUT2D eigenvalue weighted by molar-refractivity contribution is 0.00700. The minimum absolute atomic E-state index is 0.0524. The lowest BCUT2D eigenvalue weighted by Gasteiger charge is -2.21. The van der Waals surface area contributed by atoms with E-state index in [4.69, 9.17) is 16.9 Å².